The monoisotopic (exact) mass is 257 g/mol. The topological polar surface area (TPSA) is 53.9 Å². The molecule has 0 radical (unpaired) electrons. The van der Waals surface area contributed by atoms with Gasteiger partial charge in [-0.3, -0.25) is 4.98 Å². The fourth-order valence-corrected chi connectivity index (χ4v) is 1.78. The highest BCUT2D eigenvalue weighted by molar-refractivity contribution is 5.56. The van der Waals surface area contributed by atoms with Crippen LogP contribution in [0.5, 0.6) is 0 Å². The van der Waals surface area contributed by atoms with E-state index in [0.717, 1.165) is 36.7 Å². The van der Waals surface area contributed by atoms with Crippen LogP contribution in [0, 0.1) is 0 Å². The van der Waals surface area contributed by atoms with Gasteiger partial charge in [-0.1, -0.05) is 6.07 Å². The third-order valence-corrected chi connectivity index (χ3v) is 2.86. The second kappa shape index (κ2) is 6.80. The second-order valence-electron chi connectivity index (χ2n) is 4.37. The fourth-order valence-electron chi connectivity index (χ4n) is 1.78. The van der Waals surface area contributed by atoms with Gasteiger partial charge in [0.25, 0.3) is 0 Å². The summed E-state index contributed by atoms with van der Waals surface area (Å²) in [6, 6.07) is 5.81. The molecule has 0 aliphatic heterocycles. The minimum atomic E-state index is 0.746. The SMILES string of the molecule is CNCCCN(C)c1ncc(-c2ccccn2)cn1. The Morgan fingerprint density at radius 2 is 1.95 bits per heavy atom. The van der Waals surface area contributed by atoms with Gasteiger partial charge in [0.2, 0.25) is 5.95 Å². The molecule has 2 aromatic heterocycles. The quantitative estimate of drug-likeness (QED) is 0.796. The van der Waals surface area contributed by atoms with Crippen molar-refractivity contribution in [1.82, 2.24) is 20.3 Å². The molecule has 5 nitrogen and oxygen atoms in total. The van der Waals surface area contributed by atoms with E-state index in [1.54, 1.807) is 6.20 Å². The maximum atomic E-state index is 4.39. The molecular weight excluding hydrogens is 238 g/mol. The van der Waals surface area contributed by atoms with Gasteiger partial charge in [-0.25, -0.2) is 9.97 Å². The number of rotatable bonds is 6. The van der Waals surface area contributed by atoms with Crippen molar-refractivity contribution >= 4 is 5.95 Å². The van der Waals surface area contributed by atoms with Gasteiger partial charge < -0.3 is 10.2 Å². The molecule has 1 N–H and O–H groups in total. The summed E-state index contributed by atoms with van der Waals surface area (Å²) in [6.45, 7) is 1.93. The Morgan fingerprint density at radius 3 is 2.58 bits per heavy atom. The van der Waals surface area contributed by atoms with Gasteiger partial charge in [0.05, 0.1) is 5.69 Å². The lowest BCUT2D eigenvalue weighted by Gasteiger charge is -2.16. The molecule has 0 atom stereocenters. The summed E-state index contributed by atoms with van der Waals surface area (Å²) in [4.78, 5) is 15.1. The van der Waals surface area contributed by atoms with Crippen LogP contribution in [0.15, 0.2) is 36.8 Å². The maximum absolute atomic E-state index is 4.39. The number of aromatic nitrogens is 3. The van der Waals surface area contributed by atoms with Gasteiger partial charge in [0.1, 0.15) is 0 Å². The van der Waals surface area contributed by atoms with Crippen LogP contribution in [0.1, 0.15) is 6.42 Å². The molecule has 0 bridgehead atoms. The first-order valence-corrected chi connectivity index (χ1v) is 6.40. The van der Waals surface area contributed by atoms with E-state index in [1.165, 1.54) is 0 Å². The van der Waals surface area contributed by atoms with E-state index in [2.05, 4.69) is 25.2 Å². The number of pyridine rings is 1. The lowest BCUT2D eigenvalue weighted by atomic mass is 10.2. The van der Waals surface area contributed by atoms with Crippen molar-refractivity contribution in [3.8, 4) is 11.3 Å². The van der Waals surface area contributed by atoms with Crippen molar-refractivity contribution < 1.29 is 0 Å². The highest BCUT2D eigenvalue weighted by Crippen LogP contribution is 2.15. The molecule has 0 unspecified atom stereocenters. The Labute approximate surface area is 113 Å². The van der Waals surface area contributed by atoms with Crippen LogP contribution >= 0.6 is 0 Å². The molecule has 0 aromatic carbocycles. The molecule has 0 amide bonds. The van der Waals surface area contributed by atoms with Gasteiger partial charge in [0.15, 0.2) is 0 Å². The molecule has 100 valence electrons. The molecule has 5 heteroatoms. The Kier molecular flexibility index (Phi) is 4.80. The zero-order valence-corrected chi connectivity index (χ0v) is 11.4. The zero-order valence-electron chi connectivity index (χ0n) is 11.4. The minimum absolute atomic E-state index is 0.746. The summed E-state index contributed by atoms with van der Waals surface area (Å²) >= 11 is 0. The van der Waals surface area contributed by atoms with E-state index in [-0.39, 0.29) is 0 Å². The lowest BCUT2D eigenvalue weighted by molar-refractivity contribution is 0.704. The zero-order chi connectivity index (χ0) is 13.5. The predicted molar refractivity (Wildman–Crippen MR) is 77.1 cm³/mol. The van der Waals surface area contributed by atoms with Gasteiger partial charge >= 0.3 is 0 Å². The van der Waals surface area contributed by atoms with Gasteiger partial charge in [0, 0.05) is 37.7 Å². The molecule has 0 saturated heterocycles. The van der Waals surface area contributed by atoms with Crippen molar-refractivity contribution in [2.45, 2.75) is 6.42 Å². The molecule has 0 saturated carbocycles. The van der Waals surface area contributed by atoms with E-state index >= 15 is 0 Å². The van der Waals surface area contributed by atoms with Crippen molar-refractivity contribution in [3.05, 3.63) is 36.8 Å². The van der Waals surface area contributed by atoms with Crippen LogP contribution in [-0.2, 0) is 0 Å². The predicted octanol–water partition coefficient (Wildman–Crippen LogP) is 1.58. The van der Waals surface area contributed by atoms with Crippen LogP contribution in [0.2, 0.25) is 0 Å². The molecular formula is C14H19N5. The number of hydrogen-bond acceptors (Lipinski definition) is 5. The molecule has 19 heavy (non-hydrogen) atoms. The van der Waals surface area contributed by atoms with E-state index in [0.29, 0.717) is 0 Å². The summed E-state index contributed by atoms with van der Waals surface area (Å²) in [6.07, 6.45) is 6.48. The molecule has 2 aromatic rings. The van der Waals surface area contributed by atoms with Gasteiger partial charge in [-0.2, -0.15) is 0 Å². The first-order valence-electron chi connectivity index (χ1n) is 6.40. The van der Waals surface area contributed by atoms with E-state index in [9.17, 15) is 0 Å². The van der Waals surface area contributed by atoms with Crippen molar-refractivity contribution in [2.75, 3.05) is 32.1 Å². The number of nitrogens with one attached hydrogen (secondary N) is 1. The summed E-state index contributed by atoms with van der Waals surface area (Å²) in [7, 11) is 3.96. The first-order chi connectivity index (χ1) is 9.31. The molecule has 2 heterocycles. The number of anilines is 1. The van der Waals surface area contributed by atoms with Crippen molar-refractivity contribution in [2.24, 2.45) is 0 Å². The van der Waals surface area contributed by atoms with Crippen molar-refractivity contribution in [3.63, 3.8) is 0 Å². The fraction of sp³-hybridized carbons (Fsp3) is 0.357. The number of nitrogens with zero attached hydrogens (tertiary/aromatic N) is 4. The van der Waals surface area contributed by atoms with Gasteiger partial charge in [-0.05, 0) is 32.1 Å². The molecule has 2 rings (SSSR count). The van der Waals surface area contributed by atoms with Crippen LogP contribution in [0.25, 0.3) is 11.3 Å². The highest BCUT2D eigenvalue weighted by Gasteiger charge is 2.05. The summed E-state index contributed by atoms with van der Waals surface area (Å²) < 4.78 is 0. The molecule has 0 fully saturated rings. The van der Waals surface area contributed by atoms with Gasteiger partial charge in [-0.15, -0.1) is 0 Å². The van der Waals surface area contributed by atoms with E-state index < -0.39 is 0 Å². The largest absolute Gasteiger partial charge is 0.344 e. The second-order valence-corrected chi connectivity index (χ2v) is 4.37. The maximum Gasteiger partial charge on any atom is 0.225 e. The molecule has 0 aliphatic rings. The standard InChI is InChI=1S/C14H19N5/c1-15-7-5-9-19(2)14-17-10-12(11-18-14)13-6-3-4-8-16-13/h3-4,6,8,10-11,15H,5,7,9H2,1-2H3. The van der Waals surface area contributed by atoms with Crippen molar-refractivity contribution in [1.29, 1.82) is 0 Å². The number of hydrogen-bond donors (Lipinski definition) is 1. The average Bonchev–Trinajstić information content (AvgIpc) is 2.48. The summed E-state index contributed by atoms with van der Waals surface area (Å²) in [5.41, 5.74) is 1.83. The molecule has 0 spiro atoms. The van der Waals surface area contributed by atoms with Crippen LogP contribution in [0.4, 0.5) is 5.95 Å². The highest BCUT2D eigenvalue weighted by atomic mass is 15.2. The van der Waals surface area contributed by atoms with Crippen LogP contribution in [-0.4, -0.2) is 42.1 Å². The van der Waals surface area contributed by atoms with E-state index in [1.807, 2.05) is 44.7 Å². The average molecular weight is 257 g/mol. The first kappa shape index (κ1) is 13.4. The van der Waals surface area contributed by atoms with E-state index in [4.69, 9.17) is 0 Å². The summed E-state index contributed by atoms with van der Waals surface area (Å²) in [5.74, 6) is 0.746. The minimum Gasteiger partial charge on any atom is -0.344 e. The third kappa shape index (κ3) is 3.72. The molecule has 0 aliphatic carbocycles. The Morgan fingerprint density at radius 1 is 1.16 bits per heavy atom. The third-order valence-electron chi connectivity index (χ3n) is 2.86. The Hall–Kier alpha value is -2.01. The van der Waals surface area contributed by atoms with Crippen LogP contribution < -0.4 is 10.2 Å². The Bertz CT molecular complexity index is 483. The Balaban J connectivity index is 2.02. The normalized spacial score (nSPS) is 10.4. The smallest absolute Gasteiger partial charge is 0.225 e. The summed E-state index contributed by atoms with van der Waals surface area (Å²) in [5, 5.41) is 3.13. The van der Waals surface area contributed by atoms with Crippen LogP contribution in [0.3, 0.4) is 0 Å². The lowest BCUT2D eigenvalue weighted by Crippen LogP contribution is -2.23.